The van der Waals surface area contributed by atoms with Gasteiger partial charge in [0.05, 0.1) is 5.56 Å². The lowest BCUT2D eigenvalue weighted by atomic mass is 10.1. The first-order chi connectivity index (χ1) is 13.3. The molecule has 0 bridgehead atoms. The first kappa shape index (κ1) is 18.1. The second kappa shape index (κ2) is 6.74. The van der Waals surface area contributed by atoms with Crippen molar-refractivity contribution < 1.29 is 26.9 Å². The average molecular weight is 391 g/mol. The van der Waals surface area contributed by atoms with E-state index in [1.807, 2.05) is 0 Å². The number of hydrogen-bond donors (Lipinski definition) is 0. The maximum absolute atomic E-state index is 13.0. The lowest BCUT2D eigenvalue weighted by molar-refractivity contribution is -0.137. The van der Waals surface area contributed by atoms with Gasteiger partial charge in [0, 0.05) is 30.1 Å². The number of alkyl halides is 3. The molecular weight excluding hydrogens is 378 g/mol. The minimum Gasteiger partial charge on any atom is -0.334 e. The fourth-order valence-corrected chi connectivity index (χ4v) is 3.07. The third-order valence-corrected chi connectivity index (χ3v) is 4.53. The van der Waals surface area contributed by atoms with Gasteiger partial charge in [-0.1, -0.05) is 5.16 Å². The number of aromatic nitrogens is 2. The molecule has 4 rings (SSSR count). The van der Waals surface area contributed by atoms with Crippen LogP contribution in [-0.4, -0.2) is 22.6 Å². The molecule has 144 valence electrons. The number of anilines is 1. The molecule has 1 atom stereocenters. The van der Waals surface area contributed by atoms with Crippen LogP contribution in [0.1, 0.15) is 23.7 Å². The van der Waals surface area contributed by atoms with Crippen molar-refractivity contribution in [2.24, 2.45) is 0 Å². The van der Waals surface area contributed by atoms with Crippen LogP contribution in [0.3, 0.4) is 0 Å². The van der Waals surface area contributed by atoms with Crippen LogP contribution >= 0.6 is 0 Å². The van der Waals surface area contributed by atoms with Crippen LogP contribution in [0.4, 0.5) is 23.2 Å². The van der Waals surface area contributed by atoms with E-state index in [2.05, 4.69) is 10.1 Å². The SMILES string of the molecule is O=C1CC(c2noc(-c3ccc(F)cc3)n2)CN1c1ccc(C(F)(F)F)cc1. The lowest BCUT2D eigenvalue weighted by Gasteiger charge is -2.17. The Labute approximate surface area is 156 Å². The molecular formula is C19H13F4N3O2. The van der Waals surface area contributed by atoms with E-state index in [1.165, 1.54) is 41.3 Å². The third kappa shape index (κ3) is 3.47. The summed E-state index contributed by atoms with van der Waals surface area (Å²) in [6.45, 7) is 0.229. The van der Waals surface area contributed by atoms with Gasteiger partial charge in [-0.2, -0.15) is 18.2 Å². The van der Waals surface area contributed by atoms with Gasteiger partial charge in [-0.3, -0.25) is 4.79 Å². The minimum atomic E-state index is -4.43. The number of carbonyl (C=O) groups is 1. The summed E-state index contributed by atoms with van der Waals surface area (Å²) in [6, 6.07) is 9.96. The minimum absolute atomic E-state index is 0.114. The Morgan fingerprint density at radius 3 is 2.36 bits per heavy atom. The van der Waals surface area contributed by atoms with Crippen LogP contribution in [0.5, 0.6) is 0 Å². The monoisotopic (exact) mass is 391 g/mol. The number of rotatable bonds is 3. The van der Waals surface area contributed by atoms with Gasteiger partial charge in [-0.15, -0.1) is 0 Å². The van der Waals surface area contributed by atoms with Crippen molar-refractivity contribution in [3.63, 3.8) is 0 Å². The topological polar surface area (TPSA) is 59.2 Å². The number of benzene rings is 2. The zero-order valence-electron chi connectivity index (χ0n) is 14.3. The average Bonchev–Trinajstić information content (AvgIpc) is 3.29. The molecule has 1 aromatic heterocycles. The number of nitrogens with zero attached hydrogens (tertiary/aromatic N) is 3. The summed E-state index contributed by atoms with van der Waals surface area (Å²) in [5.41, 5.74) is 0.147. The maximum Gasteiger partial charge on any atom is 0.416 e. The summed E-state index contributed by atoms with van der Waals surface area (Å²) in [6.07, 6.45) is -4.32. The zero-order chi connectivity index (χ0) is 19.9. The molecule has 2 aromatic carbocycles. The number of amides is 1. The van der Waals surface area contributed by atoms with Crippen molar-refractivity contribution in [2.75, 3.05) is 11.4 Å². The largest absolute Gasteiger partial charge is 0.416 e. The van der Waals surface area contributed by atoms with Crippen molar-refractivity contribution in [3.05, 3.63) is 65.7 Å². The first-order valence-corrected chi connectivity index (χ1v) is 8.38. The molecule has 5 nitrogen and oxygen atoms in total. The standard InChI is InChI=1S/C19H13F4N3O2/c20-14-5-1-11(2-6-14)18-24-17(25-28-18)12-9-16(27)26(10-12)15-7-3-13(4-8-15)19(21,22)23/h1-8,12H,9-10H2. The number of halogens is 4. The Bertz CT molecular complexity index is 997. The van der Waals surface area contributed by atoms with Gasteiger partial charge in [0.1, 0.15) is 5.82 Å². The van der Waals surface area contributed by atoms with Crippen molar-refractivity contribution >= 4 is 11.6 Å². The van der Waals surface area contributed by atoms with Crippen molar-refractivity contribution in [1.82, 2.24) is 10.1 Å². The van der Waals surface area contributed by atoms with Crippen LogP contribution in [0.25, 0.3) is 11.5 Å². The van der Waals surface area contributed by atoms with Gasteiger partial charge in [0.25, 0.3) is 5.89 Å². The fourth-order valence-electron chi connectivity index (χ4n) is 3.07. The Morgan fingerprint density at radius 1 is 1.04 bits per heavy atom. The number of hydrogen-bond acceptors (Lipinski definition) is 4. The molecule has 1 unspecified atom stereocenters. The quantitative estimate of drug-likeness (QED) is 0.621. The van der Waals surface area contributed by atoms with Crippen LogP contribution in [-0.2, 0) is 11.0 Å². The van der Waals surface area contributed by atoms with Gasteiger partial charge in [0.2, 0.25) is 5.91 Å². The molecule has 0 radical (unpaired) electrons. The third-order valence-electron chi connectivity index (χ3n) is 4.53. The molecule has 0 aliphatic carbocycles. The second-order valence-electron chi connectivity index (χ2n) is 6.41. The van der Waals surface area contributed by atoms with Gasteiger partial charge in [0.15, 0.2) is 5.82 Å². The highest BCUT2D eigenvalue weighted by Crippen LogP contribution is 2.34. The van der Waals surface area contributed by atoms with Crippen LogP contribution < -0.4 is 4.90 Å². The van der Waals surface area contributed by atoms with Gasteiger partial charge in [-0.05, 0) is 48.5 Å². The van der Waals surface area contributed by atoms with E-state index < -0.39 is 17.6 Å². The lowest BCUT2D eigenvalue weighted by Crippen LogP contribution is -2.24. The molecule has 1 aliphatic rings. The molecule has 28 heavy (non-hydrogen) atoms. The maximum atomic E-state index is 13.0. The van der Waals surface area contributed by atoms with E-state index in [0.29, 0.717) is 17.1 Å². The van der Waals surface area contributed by atoms with Gasteiger partial charge >= 0.3 is 6.18 Å². The smallest absolute Gasteiger partial charge is 0.334 e. The second-order valence-corrected chi connectivity index (χ2v) is 6.41. The molecule has 9 heteroatoms. The zero-order valence-corrected chi connectivity index (χ0v) is 14.3. The molecule has 3 aromatic rings. The highest BCUT2D eigenvalue weighted by atomic mass is 19.4. The molecule has 1 fully saturated rings. The summed E-state index contributed by atoms with van der Waals surface area (Å²) in [7, 11) is 0. The van der Waals surface area contributed by atoms with E-state index in [9.17, 15) is 22.4 Å². The Hall–Kier alpha value is -3.23. The highest BCUT2D eigenvalue weighted by molar-refractivity contribution is 5.96. The molecule has 1 amide bonds. The Morgan fingerprint density at radius 2 is 1.71 bits per heavy atom. The summed E-state index contributed by atoms with van der Waals surface area (Å²) >= 11 is 0. The van der Waals surface area contributed by atoms with E-state index >= 15 is 0 Å². The van der Waals surface area contributed by atoms with E-state index in [4.69, 9.17) is 4.52 Å². The molecule has 1 aliphatic heterocycles. The number of carbonyl (C=O) groups excluding carboxylic acids is 1. The van der Waals surface area contributed by atoms with Crippen molar-refractivity contribution in [1.29, 1.82) is 0 Å². The van der Waals surface area contributed by atoms with E-state index in [1.54, 1.807) is 0 Å². The van der Waals surface area contributed by atoms with Gasteiger partial charge < -0.3 is 9.42 Å². The van der Waals surface area contributed by atoms with Crippen LogP contribution in [0, 0.1) is 5.82 Å². The predicted molar refractivity (Wildman–Crippen MR) is 90.8 cm³/mol. The van der Waals surface area contributed by atoms with Crippen LogP contribution in [0.15, 0.2) is 53.1 Å². The summed E-state index contributed by atoms with van der Waals surface area (Å²) in [4.78, 5) is 18.0. The summed E-state index contributed by atoms with van der Waals surface area (Å²) < 4.78 is 56.3. The predicted octanol–water partition coefficient (Wildman–Crippen LogP) is 4.42. The Balaban J connectivity index is 1.51. The summed E-state index contributed by atoms with van der Waals surface area (Å²) in [5, 5.41) is 3.90. The highest BCUT2D eigenvalue weighted by Gasteiger charge is 2.35. The molecule has 2 heterocycles. The first-order valence-electron chi connectivity index (χ1n) is 8.38. The normalized spacial score (nSPS) is 17.4. The molecule has 0 N–H and O–H groups in total. The van der Waals surface area contributed by atoms with Crippen molar-refractivity contribution in [3.8, 4) is 11.5 Å². The molecule has 0 spiro atoms. The van der Waals surface area contributed by atoms with Gasteiger partial charge in [-0.25, -0.2) is 4.39 Å². The molecule has 0 saturated carbocycles. The van der Waals surface area contributed by atoms with E-state index in [-0.39, 0.29) is 30.7 Å². The van der Waals surface area contributed by atoms with E-state index in [0.717, 1.165) is 12.1 Å². The summed E-state index contributed by atoms with van der Waals surface area (Å²) in [5.74, 6) is -0.458. The Kier molecular flexibility index (Phi) is 4.37. The fraction of sp³-hybridized carbons (Fsp3) is 0.211. The van der Waals surface area contributed by atoms with Crippen LogP contribution in [0.2, 0.25) is 0 Å². The van der Waals surface area contributed by atoms with Crippen molar-refractivity contribution in [2.45, 2.75) is 18.5 Å². The molecule has 1 saturated heterocycles.